The Morgan fingerprint density at radius 2 is 1.02 bits per heavy atom. The van der Waals surface area contributed by atoms with E-state index in [-0.39, 0.29) is 22.5 Å². The Bertz CT molecular complexity index is 2390. The van der Waals surface area contributed by atoms with Crippen molar-refractivity contribution in [1.29, 1.82) is 0 Å². The summed E-state index contributed by atoms with van der Waals surface area (Å²) < 4.78 is 4.68. The number of carbonyl (C=O) groups excluding carboxylic acids is 2. The topological polar surface area (TPSA) is 50.5 Å². The molecule has 6 nitrogen and oxygen atoms in total. The van der Waals surface area contributed by atoms with Crippen molar-refractivity contribution in [2.24, 2.45) is 0 Å². The monoisotopic (exact) mass is 648 g/mol. The molecule has 0 bridgehead atoms. The first-order valence-electron chi connectivity index (χ1n) is 16.6. The molecule has 2 amide bonds. The molecule has 2 fully saturated rings. The predicted octanol–water partition coefficient (Wildman–Crippen LogP) is 6.80. The van der Waals surface area contributed by atoms with Crippen LogP contribution in [0.4, 0.5) is 0 Å². The second-order valence-corrected chi connectivity index (χ2v) is 13.0. The maximum absolute atomic E-state index is 13.9. The molecule has 6 aromatic rings. The van der Waals surface area contributed by atoms with Crippen molar-refractivity contribution >= 4 is 84.6 Å². The van der Waals surface area contributed by atoms with E-state index >= 15 is 0 Å². The number of carbonyl (C=O) groups is 2. The number of aromatic nitrogens is 2. The molecule has 7 heteroatoms. The maximum Gasteiger partial charge on any atom is 0.266 e. The molecule has 0 N–H and O–H groups in total. The molecule has 2 aromatic heterocycles. The van der Waals surface area contributed by atoms with Crippen molar-refractivity contribution in [3.05, 3.63) is 118 Å². The lowest BCUT2D eigenvalue weighted by Crippen LogP contribution is -2.53. The van der Waals surface area contributed by atoms with E-state index in [1.54, 1.807) is 14.1 Å². The van der Waals surface area contributed by atoms with Crippen molar-refractivity contribution < 1.29 is 9.59 Å². The zero-order valence-corrected chi connectivity index (χ0v) is 28.4. The molecule has 1 aliphatic heterocycles. The summed E-state index contributed by atoms with van der Waals surface area (Å²) in [5.74, 6) is -0.725. The fourth-order valence-corrected chi connectivity index (χ4v) is 8.05. The van der Waals surface area contributed by atoms with Gasteiger partial charge in [0.25, 0.3) is 11.8 Å². The number of likely N-dealkylation sites (N-methyl/N-ethyl adjacent to an activating group) is 2. The SMILES string of the molecule is CCn1c(=C/C=C2\CC/C(=C/C=c3/c4cccc5cccc(c54)n3CC)C2=C2C(=O)N(C)C(=S)N(C)C2=O)c2cccc3cccc1c32. The van der Waals surface area contributed by atoms with Gasteiger partial charge in [-0.05, 0) is 90.7 Å². The molecule has 0 radical (unpaired) electrons. The fourth-order valence-electron chi connectivity index (χ4n) is 7.89. The first kappa shape index (κ1) is 30.1. The Kier molecular flexibility index (Phi) is 7.18. The summed E-state index contributed by atoms with van der Waals surface area (Å²) >= 11 is 5.45. The molecule has 0 atom stereocenters. The van der Waals surface area contributed by atoms with Gasteiger partial charge < -0.3 is 9.13 Å². The summed E-state index contributed by atoms with van der Waals surface area (Å²) in [7, 11) is 3.29. The highest BCUT2D eigenvalue weighted by atomic mass is 32.1. The van der Waals surface area contributed by atoms with Crippen LogP contribution >= 0.6 is 12.2 Å². The van der Waals surface area contributed by atoms with Crippen molar-refractivity contribution in [3.63, 3.8) is 0 Å². The van der Waals surface area contributed by atoms with Crippen LogP contribution < -0.4 is 10.7 Å². The minimum atomic E-state index is -0.362. The van der Waals surface area contributed by atoms with Gasteiger partial charge in [-0.3, -0.25) is 19.4 Å². The average molecular weight is 649 g/mol. The number of hydrogen-bond donors (Lipinski definition) is 0. The van der Waals surface area contributed by atoms with Crippen LogP contribution in [0.25, 0.3) is 55.5 Å². The summed E-state index contributed by atoms with van der Waals surface area (Å²) in [4.78, 5) is 30.6. The van der Waals surface area contributed by atoms with Crippen LogP contribution in [0.3, 0.4) is 0 Å². The predicted molar refractivity (Wildman–Crippen MR) is 200 cm³/mol. The summed E-state index contributed by atoms with van der Waals surface area (Å²) in [5.41, 5.74) is 5.25. The molecule has 1 saturated heterocycles. The van der Waals surface area contributed by atoms with E-state index < -0.39 is 0 Å². The van der Waals surface area contributed by atoms with E-state index in [9.17, 15) is 9.59 Å². The van der Waals surface area contributed by atoms with Crippen LogP contribution in [-0.4, -0.2) is 50.0 Å². The Balaban J connectivity index is 1.37. The van der Waals surface area contributed by atoms with Gasteiger partial charge in [-0.1, -0.05) is 72.8 Å². The molecule has 2 aliphatic rings. The van der Waals surface area contributed by atoms with Crippen LogP contribution in [0.1, 0.15) is 26.7 Å². The molecular weight excluding hydrogens is 613 g/mol. The molecule has 1 aliphatic carbocycles. The summed E-state index contributed by atoms with van der Waals surface area (Å²) in [6.07, 6.45) is 10.0. The summed E-state index contributed by atoms with van der Waals surface area (Å²) in [6, 6.07) is 25.8. The minimum absolute atomic E-state index is 0.175. The van der Waals surface area contributed by atoms with Crippen molar-refractivity contribution in [2.45, 2.75) is 39.8 Å². The molecule has 8 rings (SSSR count). The number of allylic oxidation sites excluding steroid dienone is 5. The third-order valence-corrected chi connectivity index (χ3v) is 10.7. The maximum atomic E-state index is 13.9. The first-order valence-corrected chi connectivity index (χ1v) is 17.0. The Morgan fingerprint density at radius 1 is 0.604 bits per heavy atom. The highest BCUT2D eigenvalue weighted by molar-refractivity contribution is 7.80. The number of hydrogen-bond acceptors (Lipinski definition) is 3. The normalized spacial score (nSPS) is 18.7. The zero-order valence-electron chi connectivity index (χ0n) is 27.6. The molecule has 0 spiro atoms. The smallest absolute Gasteiger partial charge is 0.266 e. The Hall–Kier alpha value is -5.27. The lowest BCUT2D eigenvalue weighted by Gasteiger charge is -2.33. The van der Waals surface area contributed by atoms with E-state index in [1.165, 1.54) is 53.2 Å². The van der Waals surface area contributed by atoms with E-state index in [2.05, 4.69) is 120 Å². The van der Waals surface area contributed by atoms with Gasteiger partial charge in [-0.25, -0.2) is 0 Å². The number of rotatable bonds is 4. The zero-order chi connectivity index (χ0) is 33.3. The van der Waals surface area contributed by atoms with Crippen molar-refractivity contribution in [1.82, 2.24) is 18.9 Å². The van der Waals surface area contributed by atoms with Gasteiger partial charge in [0.15, 0.2) is 5.11 Å². The molecule has 48 heavy (non-hydrogen) atoms. The second-order valence-electron chi connectivity index (χ2n) is 12.6. The van der Waals surface area contributed by atoms with E-state index in [1.807, 2.05) is 0 Å². The molecule has 238 valence electrons. The van der Waals surface area contributed by atoms with E-state index in [0.717, 1.165) is 34.9 Å². The van der Waals surface area contributed by atoms with E-state index in [0.29, 0.717) is 18.4 Å². The molecule has 0 unspecified atom stereocenters. The second kappa shape index (κ2) is 11.5. The number of aryl methyl sites for hydroxylation is 2. The highest BCUT2D eigenvalue weighted by Gasteiger charge is 2.40. The standard InChI is InChI=1S/C41H36N4O2S/c1-5-44-31(29-15-7-11-25-13-9-17-33(44)36(25)29)23-21-27-19-20-28(35(27)38-39(46)42(3)41(48)43(4)40(38)47)22-24-32-30-16-8-12-26-14-10-18-34(37(26)30)45(32)6-2/h7-18,21-24H,5-6,19-20H2,1-4H3/b27-21-,28-22+,31-23-,32-24?. The van der Waals surface area contributed by atoms with Crippen LogP contribution in [0, 0.1) is 0 Å². The van der Waals surface area contributed by atoms with Gasteiger partial charge in [-0.2, -0.15) is 0 Å². The first-order chi connectivity index (χ1) is 23.3. The van der Waals surface area contributed by atoms with Crippen LogP contribution in [-0.2, 0) is 22.7 Å². The Labute approximate surface area is 284 Å². The van der Waals surface area contributed by atoms with E-state index in [4.69, 9.17) is 12.2 Å². The van der Waals surface area contributed by atoms with Crippen LogP contribution in [0.5, 0.6) is 0 Å². The van der Waals surface area contributed by atoms with Crippen molar-refractivity contribution in [3.8, 4) is 0 Å². The van der Waals surface area contributed by atoms with Crippen LogP contribution in [0.15, 0.2) is 107 Å². The van der Waals surface area contributed by atoms with Gasteiger partial charge in [0, 0.05) is 70.5 Å². The largest absolute Gasteiger partial charge is 0.341 e. The third kappa shape index (κ3) is 4.34. The average Bonchev–Trinajstić information content (AvgIpc) is 3.76. The van der Waals surface area contributed by atoms with Gasteiger partial charge in [0.05, 0.1) is 0 Å². The molecule has 3 heterocycles. The lowest BCUT2D eigenvalue weighted by atomic mass is 9.95. The number of nitrogens with zero attached hydrogens (tertiary/aromatic N) is 4. The Morgan fingerprint density at radius 3 is 1.44 bits per heavy atom. The minimum Gasteiger partial charge on any atom is -0.341 e. The quantitative estimate of drug-likeness (QED) is 0.120. The molecular formula is C41H36N4O2S. The highest BCUT2D eigenvalue weighted by Crippen LogP contribution is 2.40. The number of amides is 2. The number of thiocarbonyl (C=S) groups is 1. The molecule has 4 aromatic carbocycles. The summed E-state index contributed by atoms with van der Waals surface area (Å²) in [5, 5.41) is 9.77. The lowest BCUT2D eigenvalue weighted by molar-refractivity contribution is -0.132. The van der Waals surface area contributed by atoms with Gasteiger partial charge in [-0.15, -0.1) is 0 Å². The van der Waals surface area contributed by atoms with Gasteiger partial charge >= 0.3 is 0 Å². The van der Waals surface area contributed by atoms with Gasteiger partial charge in [0.2, 0.25) is 0 Å². The third-order valence-electron chi connectivity index (χ3n) is 10.2. The molecule has 1 saturated carbocycles. The fraction of sp³-hybridized carbons (Fsp3) is 0.195. The van der Waals surface area contributed by atoms with Gasteiger partial charge in [0.1, 0.15) is 5.57 Å². The summed E-state index contributed by atoms with van der Waals surface area (Å²) in [6.45, 7) is 5.97. The van der Waals surface area contributed by atoms with Crippen molar-refractivity contribution in [2.75, 3.05) is 14.1 Å². The van der Waals surface area contributed by atoms with Crippen LogP contribution in [0.2, 0.25) is 0 Å². The number of benzene rings is 4.